The Labute approximate surface area is 115 Å². The Hall–Kier alpha value is -2.37. The molecule has 0 radical (unpaired) electrons. The van der Waals surface area contributed by atoms with Crippen LogP contribution in [0.4, 0.5) is 14.9 Å². The van der Waals surface area contributed by atoms with Gasteiger partial charge in [-0.2, -0.15) is 0 Å². The number of hydrogen-bond donors (Lipinski definition) is 2. The molecule has 20 heavy (non-hydrogen) atoms. The molecule has 1 aromatic rings. The number of anilines is 1. The summed E-state index contributed by atoms with van der Waals surface area (Å²) in [4.78, 5) is 24.2. The number of carboxylic acids is 1. The molecule has 0 atom stereocenters. The molecule has 0 aromatic heterocycles. The van der Waals surface area contributed by atoms with Crippen LogP contribution in [0.1, 0.15) is 23.7 Å². The third kappa shape index (κ3) is 3.14. The minimum Gasteiger partial charge on any atom is -0.478 e. The molecule has 0 spiro atoms. The van der Waals surface area contributed by atoms with Crippen molar-refractivity contribution < 1.29 is 19.1 Å². The van der Waals surface area contributed by atoms with E-state index in [1.165, 1.54) is 11.6 Å². The third-order valence-electron chi connectivity index (χ3n) is 3.17. The van der Waals surface area contributed by atoms with Crippen LogP contribution in [-0.4, -0.2) is 35.1 Å². The monoisotopic (exact) mass is 278 g/mol. The zero-order valence-electron chi connectivity index (χ0n) is 11.0. The fourth-order valence-electron chi connectivity index (χ4n) is 1.92. The minimum atomic E-state index is -1.34. The predicted octanol–water partition coefficient (Wildman–Crippen LogP) is 2.71. The van der Waals surface area contributed by atoms with E-state index in [0.717, 1.165) is 18.6 Å². The van der Waals surface area contributed by atoms with Gasteiger partial charge in [-0.05, 0) is 31.5 Å². The van der Waals surface area contributed by atoms with E-state index in [1.807, 2.05) is 13.0 Å². The van der Waals surface area contributed by atoms with Gasteiger partial charge in [-0.25, -0.2) is 14.0 Å². The topological polar surface area (TPSA) is 69.6 Å². The highest BCUT2D eigenvalue weighted by Gasteiger charge is 2.17. The van der Waals surface area contributed by atoms with Crippen molar-refractivity contribution in [2.24, 2.45) is 0 Å². The smallest absolute Gasteiger partial charge is 0.338 e. The van der Waals surface area contributed by atoms with Crippen molar-refractivity contribution in [1.82, 2.24) is 4.90 Å². The molecule has 2 amide bonds. The second kappa shape index (κ2) is 5.73. The molecule has 1 heterocycles. The fourth-order valence-corrected chi connectivity index (χ4v) is 1.92. The Morgan fingerprint density at radius 1 is 1.40 bits per heavy atom. The van der Waals surface area contributed by atoms with Crippen LogP contribution in [0.25, 0.3) is 0 Å². The maximum absolute atomic E-state index is 13.5. The first-order valence-corrected chi connectivity index (χ1v) is 6.22. The molecule has 106 valence electrons. The van der Waals surface area contributed by atoms with Gasteiger partial charge in [0.05, 0.1) is 5.56 Å². The number of carbonyl (C=O) groups is 2. The second-order valence-electron chi connectivity index (χ2n) is 4.68. The Balaban J connectivity index is 2.05. The van der Waals surface area contributed by atoms with Crippen molar-refractivity contribution in [1.29, 1.82) is 0 Å². The van der Waals surface area contributed by atoms with Crippen LogP contribution in [0.3, 0.4) is 0 Å². The maximum Gasteiger partial charge on any atom is 0.338 e. The van der Waals surface area contributed by atoms with Gasteiger partial charge in [0.2, 0.25) is 0 Å². The van der Waals surface area contributed by atoms with E-state index in [-0.39, 0.29) is 11.7 Å². The van der Waals surface area contributed by atoms with E-state index in [9.17, 15) is 14.0 Å². The molecule has 1 aliphatic rings. The van der Waals surface area contributed by atoms with Crippen LogP contribution in [-0.2, 0) is 0 Å². The molecule has 5 nitrogen and oxygen atoms in total. The van der Waals surface area contributed by atoms with Crippen LogP contribution < -0.4 is 5.32 Å². The van der Waals surface area contributed by atoms with Gasteiger partial charge in [0.25, 0.3) is 0 Å². The normalized spacial score (nSPS) is 14.7. The van der Waals surface area contributed by atoms with Gasteiger partial charge in [0.1, 0.15) is 5.82 Å². The average molecular weight is 278 g/mol. The first kappa shape index (κ1) is 14.0. The standard InChI is InChI=1S/C14H15FN2O3/c1-9-4-6-17(7-5-9)14(20)16-10-2-3-11(13(18)19)12(15)8-10/h2-4,8H,5-7H2,1H3,(H,16,20)(H,18,19). The summed E-state index contributed by atoms with van der Waals surface area (Å²) in [6.07, 6.45) is 2.79. The Morgan fingerprint density at radius 3 is 2.70 bits per heavy atom. The number of nitrogens with zero attached hydrogens (tertiary/aromatic N) is 1. The molecule has 0 saturated heterocycles. The maximum atomic E-state index is 13.5. The zero-order valence-corrected chi connectivity index (χ0v) is 11.0. The summed E-state index contributed by atoms with van der Waals surface area (Å²) in [5.74, 6) is -2.21. The molecular weight excluding hydrogens is 263 g/mol. The van der Waals surface area contributed by atoms with Gasteiger partial charge in [0.15, 0.2) is 0 Å². The average Bonchev–Trinajstić information content (AvgIpc) is 2.39. The molecule has 0 fully saturated rings. The van der Waals surface area contributed by atoms with Crippen molar-refractivity contribution >= 4 is 17.7 Å². The highest BCUT2D eigenvalue weighted by Crippen LogP contribution is 2.16. The lowest BCUT2D eigenvalue weighted by Gasteiger charge is -2.25. The number of rotatable bonds is 2. The van der Waals surface area contributed by atoms with Crippen molar-refractivity contribution in [3.63, 3.8) is 0 Å². The lowest BCUT2D eigenvalue weighted by Crippen LogP contribution is -2.37. The largest absolute Gasteiger partial charge is 0.478 e. The number of carbonyl (C=O) groups excluding carboxylic acids is 1. The van der Waals surface area contributed by atoms with Gasteiger partial charge >= 0.3 is 12.0 Å². The summed E-state index contributed by atoms with van der Waals surface area (Å²) < 4.78 is 13.5. The van der Waals surface area contributed by atoms with Crippen molar-refractivity contribution in [2.75, 3.05) is 18.4 Å². The van der Waals surface area contributed by atoms with Crippen molar-refractivity contribution in [2.45, 2.75) is 13.3 Å². The highest BCUT2D eigenvalue weighted by molar-refractivity contribution is 5.92. The molecule has 0 bridgehead atoms. The molecular formula is C14H15FN2O3. The van der Waals surface area contributed by atoms with Gasteiger partial charge in [-0.15, -0.1) is 0 Å². The molecule has 0 aliphatic carbocycles. The Kier molecular flexibility index (Phi) is 4.02. The Morgan fingerprint density at radius 2 is 2.15 bits per heavy atom. The summed E-state index contributed by atoms with van der Waals surface area (Å²) in [6.45, 7) is 3.15. The summed E-state index contributed by atoms with van der Waals surface area (Å²) in [7, 11) is 0. The van der Waals surface area contributed by atoms with Crippen LogP contribution in [0.5, 0.6) is 0 Å². The number of aromatic carboxylic acids is 1. The number of nitrogens with one attached hydrogen (secondary N) is 1. The summed E-state index contributed by atoms with van der Waals surface area (Å²) in [5, 5.41) is 11.3. The molecule has 0 unspecified atom stereocenters. The van der Waals surface area contributed by atoms with Gasteiger partial charge in [-0.3, -0.25) is 0 Å². The second-order valence-corrected chi connectivity index (χ2v) is 4.68. The number of amides is 2. The van der Waals surface area contributed by atoms with E-state index < -0.39 is 17.3 Å². The molecule has 0 saturated carbocycles. The highest BCUT2D eigenvalue weighted by atomic mass is 19.1. The third-order valence-corrected chi connectivity index (χ3v) is 3.17. The van der Waals surface area contributed by atoms with E-state index >= 15 is 0 Å². The fraction of sp³-hybridized carbons (Fsp3) is 0.286. The van der Waals surface area contributed by atoms with Crippen LogP contribution in [0.15, 0.2) is 29.8 Å². The van der Waals surface area contributed by atoms with E-state index in [4.69, 9.17) is 5.11 Å². The zero-order chi connectivity index (χ0) is 14.7. The molecule has 6 heteroatoms. The summed E-state index contributed by atoms with van der Waals surface area (Å²) >= 11 is 0. The van der Waals surface area contributed by atoms with E-state index in [1.54, 1.807) is 4.90 Å². The first-order chi connectivity index (χ1) is 9.47. The van der Waals surface area contributed by atoms with Gasteiger partial charge < -0.3 is 15.3 Å². The summed E-state index contributed by atoms with van der Waals surface area (Å²) in [5.41, 5.74) is 1.06. The van der Waals surface area contributed by atoms with Gasteiger partial charge in [0, 0.05) is 18.8 Å². The molecule has 2 rings (SSSR count). The van der Waals surface area contributed by atoms with E-state index in [2.05, 4.69) is 5.32 Å². The molecule has 2 N–H and O–H groups in total. The number of carboxylic acid groups (broad SMARTS) is 1. The van der Waals surface area contributed by atoms with Crippen LogP contribution in [0.2, 0.25) is 0 Å². The molecule has 1 aromatic carbocycles. The minimum absolute atomic E-state index is 0.240. The van der Waals surface area contributed by atoms with Crippen LogP contribution in [0, 0.1) is 5.82 Å². The van der Waals surface area contributed by atoms with Crippen molar-refractivity contribution in [3.8, 4) is 0 Å². The summed E-state index contributed by atoms with van der Waals surface area (Å²) in [6, 6.07) is 3.19. The Bertz CT molecular complexity index is 584. The number of urea groups is 1. The SMILES string of the molecule is CC1=CCN(C(=O)Nc2ccc(C(=O)O)c(F)c2)CC1. The van der Waals surface area contributed by atoms with Crippen LogP contribution >= 0.6 is 0 Å². The number of hydrogen-bond acceptors (Lipinski definition) is 2. The number of halogens is 1. The first-order valence-electron chi connectivity index (χ1n) is 6.22. The number of benzene rings is 1. The molecule has 1 aliphatic heterocycles. The van der Waals surface area contributed by atoms with E-state index in [0.29, 0.717) is 13.1 Å². The predicted molar refractivity (Wildman–Crippen MR) is 72.3 cm³/mol. The lowest BCUT2D eigenvalue weighted by atomic mass is 10.1. The van der Waals surface area contributed by atoms with Gasteiger partial charge in [-0.1, -0.05) is 11.6 Å². The lowest BCUT2D eigenvalue weighted by molar-refractivity contribution is 0.0692. The van der Waals surface area contributed by atoms with Crippen molar-refractivity contribution in [3.05, 3.63) is 41.2 Å². The quantitative estimate of drug-likeness (QED) is 0.817.